The van der Waals surface area contributed by atoms with Gasteiger partial charge in [0.2, 0.25) is 0 Å². The SMILES string of the molecule is Cc1cc(CN2CCNCC2(C)C)c(C)s1. The van der Waals surface area contributed by atoms with Gasteiger partial charge in [-0.1, -0.05) is 0 Å². The van der Waals surface area contributed by atoms with Gasteiger partial charge in [0.1, 0.15) is 0 Å². The van der Waals surface area contributed by atoms with Gasteiger partial charge in [0, 0.05) is 41.5 Å². The minimum Gasteiger partial charge on any atom is -0.314 e. The molecule has 0 spiro atoms. The fraction of sp³-hybridized carbons (Fsp3) is 0.692. The van der Waals surface area contributed by atoms with Gasteiger partial charge >= 0.3 is 0 Å². The highest BCUT2D eigenvalue weighted by Gasteiger charge is 2.29. The maximum atomic E-state index is 3.47. The van der Waals surface area contributed by atoms with Gasteiger partial charge in [-0.05, 0) is 39.3 Å². The Balaban J connectivity index is 2.11. The second kappa shape index (κ2) is 4.47. The van der Waals surface area contributed by atoms with E-state index in [0.717, 1.165) is 26.2 Å². The van der Waals surface area contributed by atoms with Crippen LogP contribution in [0.4, 0.5) is 0 Å². The molecule has 2 rings (SSSR count). The van der Waals surface area contributed by atoms with Crippen LogP contribution < -0.4 is 5.32 Å². The first kappa shape index (κ1) is 12.1. The van der Waals surface area contributed by atoms with E-state index in [-0.39, 0.29) is 5.54 Å². The van der Waals surface area contributed by atoms with Gasteiger partial charge in [-0.3, -0.25) is 4.90 Å². The number of nitrogens with zero attached hydrogens (tertiary/aromatic N) is 1. The summed E-state index contributed by atoms with van der Waals surface area (Å²) in [5.41, 5.74) is 1.79. The lowest BCUT2D eigenvalue weighted by atomic mass is 9.99. The van der Waals surface area contributed by atoms with Crippen LogP contribution in [0.3, 0.4) is 0 Å². The normalized spacial score (nSPS) is 21.2. The highest BCUT2D eigenvalue weighted by molar-refractivity contribution is 7.12. The lowest BCUT2D eigenvalue weighted by Gasteiger charge is -2.42. The summed E-state index contributed by atoms with van der Waals surface area (Å²) in [5, 5.41) is 3.47. The second-order valence-electron chi connectivity index (χ2n) is 5.35. The predicted octanol–water partition coefficient (Wildman–Crippen LogP) is 2.55. The number of nitrogens with one attached hydrogen (secondary N) is 1. The van der Waals surface area contributed by atoms with Gasteiger partial charge in [0.05, 0.1) is 0 Å². The Labute approximate surface area is 103 Å². The minimum atomic E-state index is 0.278. The molecule has 1 fully saturated rings. The summed E-state index contributed by atoms with van der Waals surface area (Å²) in [6.07, 6.45) is 0. The molecule has 2 heterocycles. The molecule has 1 N–H and O–H groups in total. The number of hydrogen-bond donors (Lipinski definition) is 1. The first-order valence-corrected chi connectivity index (χ1v) is 6.82. The molecule has 0 atom stereocenters. The van der Waals surface area contributed by atoms with Crippen molar-refractivity contribution >= 4 is 11.3 Å². The molecule has 1 aliphatic heterocycles. The van der Waals surface area contributed by atoms with Crippen LogP contribution in [0.25, 0.3) is 0 Å². The molecule has 1 aromatic heterocycles. The average Bonchev–Trinajstić information content (AvgIpc) is 2.49. The van der Waals surface area contributed by atoms with Crippen molar-refractivity contribution in [2.24, 2.45) is 0 Å². The second-order valence-corrected chi connectivity index (χ2v) is 6.81. The molecule has 16 heavy (non-hydrogen) atoms. The number of piperazine rings is 1. The Morgan fingerprint density at radius 1 is 1.44 bits per heavy atom. The Morgan fingerprint density at radius 3 is 2.75 bits per heavy atom. The van der Waals surface area contributed by atoms with E-state index in [0.29, 0.717) is 0 Å². The summed E-state index contributed by atoms with van der Waals surface area (Å²) in [7, 11) is 0. The van der Waals surface area contributed by atoms with E-state index >= 15 is 0 Å². The molecule has 0 aliphatic carbocycles. The summed E-state index contributed by atoms with van der Waals surface area (Å²) < 4.78 is 0. The zero-order valence-electron chi connectivity index (χ0n) is 10.8. The Bertz CT molecular complexity index is 368. The van der Waals surface area contributed by atoms with E-state index in [4.69, 9.17) is 0 Å². The molecule has 0 radical (unpaired) electrons. The quantitative estimate of drug-likeness (QED) is 0.852. The van der Waals surface area contributed by atoms with E-state index < -0.39 is 0 Å². The van der Waals surface area contributed by atoms with Crippen molar-refractivity contribution < 1.29 is 0 Å². The predicted molar refractivity (Wildman–Crippen MR) is 71.2 cm³/mol. The van der Waals surface area contributed by atoms with Crippen LogP contribution in [0.2, 0.25) is 0 Å². The van der Waals surface area contributed by atoms with E-state index in [1.807, 2.05) is 11.3 Å². The van der Waals surface area contributed by atoms with Gasteiger partial charge in [-0.2, -0.15) is 0 Å². The molecule has 0 aromatic carbocycles. The number of aryl methyl sites for hydroxylation is 2. The van der Waals surface area contributed by atoms with Crippen LogP contribution in [0, 0.1) is 13.8 Å². The molecule has 1 aliphatic rings. The molecular formula is C13H22N2S. The molecule has 1 saturated heterocycles. The molecule has 0 bridgehead atoms. The fourth-order valence-corrected chi connectivity index (χ4v) is 3.30. The third kappa shape index (κ3) is 2.47. The zero-order valence-corrected chi connectivity index (χ0v) is 11.6. The van der Waals surface area contributed by atoms with Crippen molar-refractivity contribution in [3.63, 3.8) is 0 Å². The number of thiophene rings is 1. The van der Waals surface area contributed by atoms with Crippen molar-refractivity contribution in [3.8, 4) is 0 Å². The number of hydrogen-bond acceptors (Lipinski definition) is 3. The maximum absolute atomic E-state index is 3.47. The van der Waals surface area contributed by atoms with Gasteiger partial charge in [-0.25, -0.2) is 0 Å². The molecule has 3 heteroatoms. The monoisotopic (exact) mass is 238 g/mol. The zero-order chi connectivity index (χ0) is 11.8. The minimum absolute atomic E-state index is 0.278. The van der Waals surface area contributed by atoms with Gasteiger partial charge in [0.15, 0.2) is 0 Å². The average molecular weight is 238 g/mol. The van der Waals surface area contributed by atoms with Crippen molar-refractivity contribution in [2.75, 3.05) is 19.6 Å². The third-order valence-electron chi connectivity index (χ3n) is 3.48. The Hall–Kier alpha value is -0.380. The summed E-state index contributed by atoms with van der Waals surface area (Å²) >= 11 is 1.92. The summed E-state index contributed by atoms with van der Waals surface area (Å²) in [6, 6.07) is 2.35. The van der Waals surface area contributed by atoms with Crippen molar-refractivity contribution in [3.05, 3.63) is 21.4 Å². The van der Waals surface area contributed by atoms with Crippen LogP contribution in [0.5, 0.6) is 0 Å². The Kier molecular flexibility index (Phi) is 3.38. The molecular weight excluding hydrogens is 216 g/mol. The first-order valence-electron chi connectivity index (χ1n) is 6.01. The lowest BCUT2D eigenvalue weighted by molar-refractivity contribution is 0.0827. The third-order valence-corrected chi connectivity index (χ3v) is 4.49. The molecule has 0 unspecified atom stereocenters. The topological polar surface area (TPSA) is 15.3 Å². The van der Waals surface area contributed by atoms with Crippen LogP contribution >= 0.6 is 11.3 Å². The van der Waals surface area contributed by atoms with E-state index in [2.05, 4.69) is 44.0 Å². The van der Waals surface area contributed by atoms with Crippen molar-refractivity contribution in [1.29, 1.82) is 0 Å². The summed E-state index contributed by atoms with van der Waals surface area (Å²) in [4.78, 5) is 5.50. The fourth-order valence-electron chi connectivity index (χ4n) is 2.36. The Morgan fingerprint density at radius 2 is 2.19 bits per heavy atom. The van der Waals surface area contributed by atoms with Crippen LogP contribution in [0.1, 0.15) is 29.2 Å². The smallest absolute Gasteiger partial charge is 0.0281 e. The van der Waals surface area contributed by atoms with E-state index in [1.54, 1.807) is 0 Å². The van der Waals surface area contributed by atoms with Crippen molar-refractivity contribution in [1.82, 2.24) is 10.2 Å². The van der Waals surface area contributed by atoms with Gasteiger partial charge in [-0.15, -0.1) is 11.3 Å². The van der Waals surface area contributed by atoms with Crippen LogP contribution in [-0.2, 0) is 6.54 Å². The first-order chi connectivity index (χ1) is 7.49. The van der Waals surface area contributed by atoms with Crippen molar-refractivity contribution in [2.45, 2.75) is 39.8 Å². The van der Waals surface area contributed by atoms with Crippen LogP contribution in [-0.4, -0.2) is 30.1 Å². The van der Waals surface area contributed by atoms with Gasteiger partial charge in [0.25, 0.3) is 0 Å². The largest absolute Gasteiger partial charge is 0.314 e. The molecule has 0 saturated carbocycles. The summed E-state index contributed by atoms with van der Waals surface area (Å²) in [6.45, 7) is 13.6. The standard InChI is InChI=1S/C13H22N2S/c1-10-7-12(11(2)16-10)8-15-6-5-14-9-13(15,3)4/h7,14H,5-6,8-9H2,1-4H3. The highest BCUT2D eigenvalue weighted by Crippen LogP contribution is 2.25. The lowest BCUT2D eigenvalue weighted by Crippen LogP contribution is -2.57. The van der Waals surface area contributed by atoms with E-state index in [1.165, 1.54) is 15.3 Å². The van der Waals surface area contributed by atoms with E-state index in [9.17, 15) is 0 Å². The molecule has 2 nitrogen and oxygen atoms in total. The summed E-state index contributed by atoms with van der Waals surface area (Å²) in [5.74, 6) is 0. The number of rotatable bonds is 2. The van der Waals surface area contributed by atoms with Gasteiger partial charge < -0.3 is 5.32 Å². The molecule has 90 valence electrons. The maximum Gasteiger partial charge on any atom is 0.0281 e. The molecule has 1 aromatic rings. The highest BCUT2D eigenvalue weighted by atomic mass is 32.1. The molecule has 0 amide bonds. The van der Waals surface area contributed by atoms with Crippen LogP contribution in [0.15, 0.2) is 6.07 Å².